The highest BCUT2D eigenvalue weighted by Gasteiger charge is 2.29. The Balaban J connectivity index is 1.91. The molecule has 2 aromatic rings. The van der Waals surface area contributed by atoms with Gasteiger partial charge in [-0.2, -0.15) is 0 Å². The highest BCUT2D eigenvalue weighted by Crippen LogP contribution is 2.38. The minimum atomic E-state index is -0.179. The summed E-state index contributed by atoms with van der Waals surface area (Å²) < 4.78 is 0. The van der Waals surface area contributed by atoms with Gasteiger partial charge in [0.2, 0.25) is 0 Å². The lowest BCUT2D eigenvalue weighted by Gasteiger charge is -2.36. The number of phenolic OH excluding ortho intramolecular Hbond substituents is 2. The van der Waals surface area contributed by atoms with Crippen molar-refractivity contribution in [2.45, 2.75) is 96.7 Å². The predicted molar refractivity (Wildman–Crippen MR) is 149 cm³/mol. The van der Waals surface area contributed by atoms with Crippen LogP contribution in [-0.4, -0.2) is 40.5 Å². The fraction of sp³-hybridized carbons (Fsp3) is 0.552. The lowest BCUT2D eigenvalue weighted by molar-refractivity contribution is 0.162. The van der Waals surface area contributed by atoms with E-state index in [1.165, 1.54) is 5.56 Å². The summed E-state index contributed by atoms with van der Waals surface area (Å²) >= 11 is 12.3. The normalized spacial score (nSPS) is 19.6. The molecule has 0 heterocycles. The molecule has 0 saturated heterocycles. The standard InChI is InChI=1S/C29H40Cl2N2O2/c1-28(2,3)20-12-18(26(34)22(14-20)29(4,5)6)16-32-24-10-8-9-11-25(24)33(7)17-19-13-21(30)15-23(31)27(19)35/h12-16,24-25,34-35H,8-11,17H2,1-7H3. The average Bonchev–Trinajstić information content (AvgIpc) is 2.75. The molecule has 4 nitrogen and oxygen atoms in total. The Hall–Kier alpha value is -1.75. The number of likely N-dealkylation sites (N-methyl/N-ethyl adjacent to an activating group) is 1. The van der Waals surface area contributed by atoms with Crippen molar-refractivity contribution in [1.29, 1.82) is 0 Å². The molecule has 2 N–H and O–H groups in total. The predicted octanol–water partition coefficient (Wildman–Crippen LogP) is 7.86. The first kappa shape index (κ1) is 27.8. The summed E-state index contributed by atoms with van der Waals surface area (Å²) in [5, 5.41) is 22.3. The summed E-state index contributed by atoms with van der Waals surface area (Å²) in [7, 11) is 2.06. The van der Waals surface area contributed by atoms with Crippen LogP contribution < -0.4 is 0 Å². The molecule has 0 aliphatic heterocycles. The molecule has 0 radical (unpaired) electrons. The van der Waals surface area contributed by atoms with Crippen molar-refractivity contribution >= 4 is 29.4 Å². The van der Waals surface area contributed by atoms with E-state index < -0.39 is 0 Å². The van der Waals surface area contributed by atoms with E-state index in [2.05, 4.69) is 65.6 Å². The zero-order valence-electron chi connectivity index (χ0n) is 22.1. The minimum absolute atomic E-state index is 0.0376. The van der Waals surface area contributed by atoms with Crippen LogP contribution in [0.15, 0.2) is 29.3 Å². The van der Waals surface area contributed by atoms with Gasteiger partial charge in [-0.25, -0.2) is 0 Å². The van der Waals surface area contributed by atoms with Crippen LogP contribution in [0.3, 0.4) is 0 Å². The van der Waals surface area contributed by atoms with Crippen molar-refractivity contribution in [3.8, 4) is 11.5 Å². The van der Waals surface area contributed by atoms with Gasteiger partial charge in [-0.15, -0.1) is 0 Å². The molecule has 1 saturated carbocycles. The lowest BCUT2D eigenvalue weighted by atomic mass is 9.79. The number of aromatic hydroxyl groups is 2. The molecule has 2 atom stereocenters. The molecule has 192 valence electrons. The van der Waals surface area contributed by atoms with Crippen LogP contribution in [0, 0.1) is 0 Å². The second kappa shape index (κ2) is 10.7. The van der Waals surface area contributed by atoms with Gasteiger partial charge in [0.05, 0.1) is 11.1 Å². The Morgan fingerprint density at radius 2 is 1.60 bits per heavy atom. The molecule has 2 unspecified atom stereocenters. The molecule has 0 spiro atoms. The van der Waals surface area contributed by atoms with E-state index in [0.717, 1.165) is 36.8 Å². The molecule has 1 aliphatic carbocycles. The van der Waals surface area contributed by atoms with E-state index >= 15 is 0 Å². The minimum Gasteiger partial charge on any atom is -0.507 e. The van der Waals surface area contributed by atoms with Crippen molar-refractivity contribution in [2.24, 2.45) is 4.99 Å². The molecule has 3 rings (SSSR count). The fourth-order valence-corrected chi connectivity index (χ4v) is 5.38. The van der Waals surface area contributed by atoms with Crippen molar-refractivity contribution in [2.75, 3.05) is 7.05 Å². The van der Waals surface area contributed by atoms with Gasteiger partial charge in [0.1, 0.15) is 11.5 Å². The topological polar surface area (TPSA) is 56.1 Å². The van der Waals surface area contributed by atoms with Crippen molar-refractivity contribution < 1.29 is 10.2 Å². The van der Waals surface area contributed by atoms with E-state index in [9.17, 15) is 10.2 Å². The first-order chi connectivity index (χ1) is 16.2. The van der Waals surface area contributed by atoms with Crippen LogP contribution in [0.5, 0.6) is 11.5 Å². The highest BCUT2D eigenvalue weighted by molar-refractivity contribution is 6.35. The van der Waals surface area contributed by atoms with Gasteiger partial charge in [-0.1, -0.05) is 83.7 Å². The van der Waals surface area contributed by atoms with Crippen molar-refractivity contribution in [3.05, 3.63) is 56.6 Å². The number of nitrogens with zero attached hydrogens (tertiary/aromatic N) is 2. The van der Waals surface area contributed by atoms with Gasteiger partial charge >= 0.3 is 0 Å². The van der Waals surface area contributed by atoms with Gasteiger partial charge in [-0.05, 0) is 54.5 Å². The Kier molecular flexibility index (Phi) is 8.51. The molecule has 0 bridgehead atoms. The molecule has 6 heteroatoms. The molecule has 2 aromatic carbocycles. The quantitative estimate of drug-likeness (QED) is 0.396. The first-order valence-corrected chi connectivity index (χ1v) is 13.2. The van der Waals surface area contributed by atoms with Crippen LogP contribution in [-0.2, 0) is 17.4 Å². The first-order valence-electron chi connectivity index (χ1n) is 12.5. The van der Waals surface area contributed by atoms with Crippen molar-refractivity contribution in [1.82, 2.24) is 4.90 Å². The summed E-state index contributed by atoms with van der Waals surface area (Å²) in [4.78, 5) is 7.25. The van der Waals surface area contributed by atoms with Crippen LogP contribution >= 0.6 is 23.2 Å². The average molecular weight is 520 g/mol. The second-order valence-corrected chi connectivity index (χ2v) is 12.8. The number of hydrogen-bond acceptors (Lipinski definition) is 4. The monoisotopic (exact) mass is 518 g/mol. The summed E-state index contributed by atoms with van der Waals surface area (Å²) in [5.74, 6) is 0.394. The Morgan fingerprint density at radius 3 is 2.23 bits per heavy atom. The third kappa shape index (κ3) is 6.72. The van der Waals surface area contributed by atoms with Crippen LogP contribution in [0.4, 0.5) is 0 Å². The molecule has 35 heavy (non-hydrogen) atoms. The smallest absolute Gasteiger partial charge is 0.138 e. The van der Waals surface area contributed by atoms with E-state index in [1.807, 2.05) is 6.21 Å². The van der Waals surface area contributed by atoms with Gasteiger partial charge in [0.15, 0.2) is 0 Å². The van der Waals surface area contributed by atoms with Gasteiger partial charge in [0.25, 0.3) is 0 Å². The molecule has 1 aliphatic rings. The summed E-state index contributed by atoms with van der Waals surface area (Å²) in [5.41, 5.74) is 3.40. The van der Waals surface area contributed by atoms with E-state index in [4.69, 9.17) is 28.2 Å². The molecular formula is C29H40Cl2N2O2. The number of aliphatic imine (C=N–C) groups is 1. The van der Waals surface area contributed by atoms with Crippen LogP contribution in [0.1, 0.15) is 89.5 Å². The molecule has 1 fully saturated rings. The summed E-state index contributed by atoms with van der Waals surface area (Å²) in [6.07, 6.45) is 6.14. The molecule has 0 amide bonds. The maximum Gasteiger partial charge on any atom is 0.138 e. The second-order valence-electron chi connectivity index (χ2n) is 12.0. The molecule has 0 aromatic heterocycles. The third-order valence-corrected chi connectivity index (χ3v) is 7.51. The Bertz CT molecular complexity index is 1080. The number of rotatable bonds is 5. The van der Waals surface area contributed by atoms with E-state index in [0.29, 0.717) is 22.9 Å². The lowest BCUT2D eigenvalue weighted by Crippen LogP contribution is -2.42. The van der Waals surface area contributed by atoms with Gasteiger partial charge in [0, 0.05) is 40.5 Å². The number of phenols is 2. The van der Waals surface area contributed by atoms with Gasteiger partial charge in [-0.3, -0.25) is 9.89 Å². The van der Waals surface area contributed by atoms with Crippen molar-refractivity contribution in [3.63, 3.8) is 0 Å². The summed E-state index contributed by atoms with van der Waals surface area (Å²) in [6.45, 7) is 13.5. The Morgan fingerprint density at radius 1 is 0.943 bits per heavy atom. The molecular weight excluding hydrogens is 479 g/mol. The fourth-order valence-electron chi connectivity index (χ4n) is 4.84. The maximum absolute atomic E-state index is 11.1. The SMILES string of the molecule is CN(Cc1cc(Cl)cc(Cl)c1O)C1CCCCC1N=Cc1cc(C(C)(C)C)cc(C(C)(C)C)c1O. The zero-order chi connectivity index (χ0) is 26.1. The van der Waals surface area contributed by atoms with Crippen LogP contribution in [0.25, 0.3) is 0 Å². The highest BCUT2D eigenvalue weighted by atomic mass is 35.5. The summed E-state index contributed by atoms with van der Waals surface area (Å²) in [6, 6.07) is 7.84. The number of benzene rings is 2. The number of halogens is 2. The maximum atomic E-state index is 11.1. The van der Waals surface area contributed by atoms with Crippen LogP contribution in [0.2, 0.25) is 10.0 Å². The van der Waals surface area contributed by atoms with E-state index in [-0.39, 0.29) is 33.7 Å². The Labute approximate surface area is 221 Å². The zero-order valence-corrected chi connectivity index (χ0v) is 23.6. The van der Waals surface area contributed by atoms with E-state index in [1.54, 1.807) is 12.1 Å². The largest absolute Gasteiger partial charge is 0.507 e. The van der Waals surface area contributed by atoms with Gasteiger partial charge < -0.3 is 10.2 Å². The number of hydrogen-bond donors (Lipinski definition) is 2. The third-order valence-electron chi connectivity index (χ3n) is 7.01.